The maximum Gasteiger partial charge on any atom is 0.282 e. The van der Waals surface area contributed by atoms with E-state index in [1.54, 1.807) is 47.3 Å². The van der Waals surface area contributed by atoms with Gasteiger partial charge in [0, 0.05) is 30.7 Å². The number of carbonyl (C=O) groups excluding carboxylic acids is 1. The maximum atomic E-state index is 13.2. The predicted octanol–water partition coefficient (Wildman–Crippen LogP) is 3.18. The summed E-state index contributed by atoms with van der Waals surface area (Å²) in [6.45, 7) is 3.51. The lowest BCUT2D eigenvalue weighted by atomic mass is 10.1. The SMILES string of the molecule is CCn1cc(C(=O)Nc2ccc3c(c2)OCCO3)c2nn(-c3ccccc3)c(=O)c-2c1. The van der Waals surface area contributed by atoms with E-state index in [1.165, 1.54) is 4.68 Å². The fraction of sp³-hybridized carbons (Fsp3) is 0.174. The first-order valence-electron chi connectivity index (χ1n) is 10.0. The molecule has 3 heterocycles. The Morgan fingerprint density at radius 2 is 1.84 bits per heavy atom. The van der Waals surface area contributed by atoms with E-state index in [-0.39, 0.29) is 11.5 Å². The van der Waals surface area contributed by atoms with Gasteiger partial charge < -0.3 is 19.4 Å². The molecule has 0 unspecified atom stereocenters. The van der Waals surface area contributed by atoms with Gasteiger partial charge in [-0.3, -0.25) is 9.59 Å². The maximum absolute atomic E-state index is 13.2. The van der Waals surface area contributed by atoms with Crippen LogP contribution in [0.3, 0.4) is 0 Å². The first-order valence-corrected chi connectivity index (χ1v) is 10.0. The van der Waals surface area contributed by atoms with E-state index in [1.807, 2.05) is 25.1 Å². The van der Waals surface area contributed by atoms with Gasteiger partial charge in [0.05, 0.1) is 16.8 Å². The van der Waals surface area contributed by atoms with Crippen molar-refractivity contribution in [3.63, 3.8) is 0 Å². The summed E-state index contributed by atoms with van der Waals surface area (Å²) < 4.78 is 14.2. The Labute approximate surface area is 178 Å². The van der Waals surface area contributed by atoms with E-state index >= 15 is 0 Å². The van der Waals surface area contributed by atoms with Crippen LogP contribution in [-0.4, -0.2) is 33.5 Å². The molecule has 0 saturated carbocycles. The van der Waals surface area contributed by atoms with Crippen LogP contribution in [0.25, 0.3) is 16.9 Å². The van der Waals surface area contributed by atoms with Crippen LogP contribution in [0.4, 0.5) is 5.69 Å². The number of nitrogens with zero attached hydrogens (tertiary/aromatic N) is 3. The van der Waals surface area contributed by atoms with Crippen molar-refractivity contribution in [1.29, 1.82) is 0 Å². The first-order chi connectivity index (χ1) is 15.1. The van der Waals surface area contributed by atoms with Crippen LogP contribution in [0.5, 0.6) is 11.5 Å². The number of amides is 1. The summed E-state index contributed by atoms with van der Waals surface area (Å²) in [5.41, 5.74) is 2.01. The highest BCUT2D eigenvalue weighted by molar-refractivity contribution is 6.08. The second kappa shape index (κ2) is 7.64. The fourth-order valence-corrected chi connectivity index (χ4v) is 3.57. The minimum absolute atomic E-state index is 0.266. The van der Waals surface area contributed by atoms with Crippen molar-refractivity contribution in [3.05, 3.63) is 76.8 Å². The molecule has 0 aromatic heterocycles. The van der Waals surface area contributed by atoms with Crippen molar-refractivity contribution < 1.29 is 14.3 Å². The number of ether oxygens (including phenoxy) is 2. The Hall–Kier alpha value is -4.07. The topological polar surface area (TPSA) is 87.4 Å². The quantitative estimate of drug-likeness (QED) is 0.552. The third-order valence-corrected chi connectivity index (χ3v) is 5.13. The summed E-state index contributed by atoms with van der Waals surface area (Å²) in [6, 6.07) is 14.4. The molecule has 0 aliphatic carbocycles. The Morgan fingerprint density at radius 1 is 1.06 bits per heavy atom. The number of para-hydroxylation sites is 1. The third kappa shape index (κ3) is 3.42. The number of hydrogen-bond acceptors (Lipinski definition) is 5. The number of hydrogen-bond donors (Lipinski definition) is 1. The van der Waals surface area contributed by atoms with Gasteiger partial charge in [0.25, 0.3) is 11.5 Å². The number of carbonyl (C=O) groups is 1. The molecule has 2 aromatic rings. The van der Waals surface area contributed by atoms with E-state index in [2.05, 4.69) is 10.4 Å². The third-order valence-electron chi connectivity index (χ3n) is 5.13. The molecule has 0 bridgehead atoms. The van der Waals surface area contributed by atoms with Gasteiger partial charge in [-0.1, -0.05) is 18.2 Å². The summed E-state index contributed by atoms with van der Waals surface area (Å²) in [5, 5.41) is 7.36. The van der Waals surface area contributed by atoms with Crippen molar-refractivity contribution in [1.82, 2.24) is 14.3 Å². The van der Waals surface area contributed by atoms with Crippen molar-refractivity contribution in [2.75, 3.05) is 18.5 Å². The molecule has 3 aliphatic heterocycles. The number of rotatable bonds is 4. The number of pyridine rings is 1. The molecule has 8 nitrogen and oxygen atoms in total. The second-order valence-electron chi connectivity index (χ2n) is 7.13. The molecule has 0 spiro atoms. The molecule has 0 saturated heterocycles. The summed E-state index contributed by atoms with van der Waals surface area (Å²) in [6.07, 6.45) is 3.43. The largest absolute Gasteiger partial charge is 0.486 e. The molecule has 0 radical (unpaired) electrons. The highest BCUT2D eigenvalue weighted by Gasteiger charge is 2.24. The van der Waals surface area contributed by atoms with E-state index in [0.29, 0.717) is 59.5 Å². The molecular formula is C23H20N4O4. The number of anilines is 1. The van der Waals surface area contributed by atoms with Crippen LogP contribution in [-0.2, 0) is 6.54 Å². The molecule has 2 aromatic carbocycles. The standard InChI is InChI=1S/C23H20N4O4/c1-2-26-13-17(22(28)24-15-8-9-19-20(12-15)31-11-10-30-19)21-18(14-26)23(29)27(25-21)16-6-4-3-5-7-16/h3-9,12-14H,2,10-11H2,1H3,(H,24,28). The predicted molar refractivity (Wildman–Crippen MR) is 116 cm³/mol. The van der Waals surface area contributed by atoms with Gasteiger partial charge in [-0.05, 0) is 31.2 Å². The van der Waals surface area contributed by atoms with E-state index in [0.717, 1.165) is 0 Å². The van der Waals surface area contributed by atoms with Crippen LogP contribution in [0.1, 0.15) is 17.3 Å². The van der Waals surface area contributed by atoms with Crippen LogP contribution in [0.2, 0.25) is 0 Å². The smallest absolute Gasteiger partial charge is 0.282 e. The van der Waals surface area contributed by atoms with Gasteiger partial charge >= 0.3 is 0 Å². The van der Waals surface area contributed by atoms with Gasteiger partial charge in [0.2, 0.25) is 0 Å². The zero-order chi connectivity index (χ0) is 21.4. The fourth-order valence-electron chi connectivity index (χ4n) is 3.57. The van der Waals surface area contributed by atoms with Gasteiger partial charge in [-0.15, -0.1) is 0 Å². The van der Waals surface area contributed by atoms with Crippen molar-refractivity contribution >= 4 is 11.6 Å². The number of fused-ring (bicyclic) bond motifs is 2. The van der Waals surface area contributed by atoms with Crippen LogP contribution in [0, 0.1) is 0 Å². The van der Waals surface area contributed by atoms with Crippen molar-refractivity contribution in [2.24, 2.45) is 0 Å². The lowest BCUT2D eigenvalue weighted by molar-refractivity contribution is 0.102. The first kappa shape index (κ1) is 18.9. The summed E-state index contributed by atoms with van der Waals surface area (Å²) >= 11 is 0. The lowest BCUT2D eigenvalue weighted by Gasteiger charge is -2.19. The molecular weight excluding hydrogens is 396 g/mol. The van der Waals surface area contributed by atoms with Gasteiger partial charge in [0.1, 0.15) is 18.9 Å². The van der Waals surface area contributed by atoms with Gasteiger partial charge in [-0.2, -0.15) is 9.78 Å². The molecule has 156 valence electrons. The van der Waals surface area contributed by atoms with Crippen molar-refractivity contribution in [3.8, 4) is 28.4 Å². The molecule has 0 fully saturated rings. The Morgan fingerprint density at radius 3 is 2.61 bits per heavy atom. The molecule has 3 aliphatic rings. The zero-order valence-corrected chi connectivity index (χ0v) is 16.9. The second-order valence-corrected chi connectivity index (χ2v) is 7.13. The van der Waals surface area contributed by atoms with E-state index in [9.17, 15) is 9.59 Å². The van der Waals surface area contributed by atoms with Crippen molar-refractivity contribution in [2.45, 2.75) is 13.5 Å². The van der Waals surface area contributed by atoms with Crippen LogP contribution < -0.4 is 20.3 Å². The number of aryl methyl sites for hydroxylation is 1. The normalized spacial score (nSPS) is 12.7. The average Bonchev–Trinajstić information content (AvgIpc) is 3.15. The van der Waals surface area contributed by atoms with E-state index < -0.39 is 0 Å². The molecule has 5 rings (SSSR count). The summed E-state index contributed by atoms with van der Waals surface area (Å²) in [5.74, 6) is 0.871. The van der Waals surface area contributed by atoms with E-state index in [4.69, 9.17) is 9.47 Å². The Kier molecular flexibility index (Phi) is 4.66. The van der Waals surface area contributed by atoms with Crippen LogP contribution >= 0.6 is 0 Å². The van der Waals surface area contributed by atoms with Gasteiger partial charge in [-0.25, -0.2) is 0 Å². The Balaban J connectivity index is 1.55. The van der Waals surface area contributed by atoms with Gasteiger partial charge in [0.15, 0.2) is 11.5 Å². The molecule has 1 N–H and O–H groups in total. The average molecular weight is 416 g/mol. The molecule has 1 amide bonds. The Bertz CT molecular complexity index is 1290. The monoisotopic (exact) mass is 416 g/mol. The lowest BCUT2D eigenvalue weighted by Crippen LogP contribution is -2.18. The highest BCUT2D eigenvalue weighted by atomic mass is 16.6. The highest BCUT2D eigenvalue weighted by Crippen LogP contribution is 2.33. The summed E-state index contributed by atoms with van der Waals surface area (Å²) in [7, 11) is 0. The minimum Gasteiger partial charge on any atom is -0.486 e. The zero-order valence-electron chi connectivity index (χ0n) is 16.9. The van der Waals surface area contributed by atoms with Crippen LogP contribution in [0.15, 0.2) is 65.7 Å². The number of aromatic nitrogens is 3. The number of nitrogens with one attached hydrogen (secondary N) is 1. The molecule has 8 heteroatoms. The molecule has 0 atom stereocenters. The number of benzene rings is 2. The summed E-state index contributed by atoms with van der Waals surface area (Å²) in [4.78, 5) is 26.2. The molecule has 31 heavy (non-hydrogen) atoms. The minimum atomic E-state index is -0.359.